The highest BCUT2D eigenvalue weighted by Crippen LogP contribution is 2.22. The molecule has 0 spiro atoms. The minimum atomic E-state index is -1.04. The monoisotopic (exact) mass is 239 g/mol. The highest BCUT2D eigenvalue weighted by atomic mass is 16.4. The van der Waals surface area contributed by atoms with Gasteiger partial charge < -0.3 is 5.11 Å². The summed E-state index contributed by atoms with van der Waals surface area (Å²) >= 11 is 0. The summed E-state index contributed by atoms with van der Waals surface area (Å²) in [7, 11) is 0. The van der Waals surface area contributed by atoms with Crippen LogP contribution >= 0.6 is 0 Å². The van der Waals surface area contributed by atoms with Crippen molar-refractivity contribution in [2.24, 2.45) is 0 Å². The zero-order valence-corrected chi connectivity index (χ0v) is 9.32. The van der Waals surface area contributed by atoms with Crippen LogP contribution in [0.3, 0.4) is 0 Å². The predicted octanol–water partition coefficient (Wildman–Crippen LogP) is 2.09. The summed E-state index contributed by atoms with van der Waals surface area (Å²) in [4.78, 5) is 19.1. The van der Waals surface area contributed by atoms with E-state index in [0.29, 0.717) is 5.65 Å². The number of imidazole rings is 1. The SMILES string of the molecule is O=C(O)c1cn2cncc(-c3ccccc3)c2n1. The lowest BCUT2D eigenvalue weighted by atomic mass is 10.1. The number of rotatable bonds is 2. The van der Waals surface area contributed by atoms with Crippen molar-refractivity contribution in [3.05, 3.63) is 54.7 Å². The van der Waals surface area contributed by atoms with Gasteiger partial charge in [0.05, 0.1) is 0 Å². The highest BCUT2D eigenvalue weighted by molar-refractivity contribution is 5.88. The molecule has 0 aliphatic carbocycles. The number of carboxylic acid groups (broad SMARTS) is 1. The van der Waals surface area contributed by atoms with Crippen LogP contribution < -0.4 is 0 Å². The first-order valence-corrected chi connectivity index (χ1v) is 5.37. The lowest BCUT2D eigenvalue weighted by Crippen LogP contribution is -1.95. The maximum Gasteiger partial charge on any atom is 0.356 e. The number of benzene rings is 1. The van der Waals surface area contributed by atoms with Crippen LogP contribution in [-0.2, 0) is 0 Å². The molecule has 3 aromatic rings. The topological polar surface area (TPSA) is 67.5 Å². The number of aromatic nitrogens is 3. The van der Waals surface area contributed by atoms with Crippen molar-refractivity contribution in [2.75, 3.05) is 0 Å². The Morgan fingerprint density at radius 1 is 1.22 bits per heavy atom. The molecule has 0 amide bonds. The largest absolute Gasteiger partial charge is 0.476 e. The Hall–Kier alpha value is -2.69. The minimum absolute atomic E-state index is 0.0141. The van der Waals surface area contributed by atoms with Crippen LogP contribution in [0.25, 0.3) is 16.8 Å². The molecular formula is C13H9N3O2. The van der Waals surface area contributed by atoms with Crippen LogP contribution in [0.4, 0.5) is 0 Å². The smallest absolute Gasteiger partial charge is 0.356 e. The first-order chi connectivity index (χ1) is 8.75. The van der Waals surface area contributed by atoms with Gasteiger partial charge in [-0.25, -0.2) is 14.8 Å². The summed E-state index contributed by atoms with van der Waals surface area (Å²) in [5, 5.41) is 8.95. The number of aromatic carboxylic acids is 1. The third kappa shape index (κ3) is 1.62. The standard InChI is InChI=1S/C13H9N3O2/c17-13(18)11-7-16-8-14-6-10(12(16)15-11)9-4-2-1-3-5-9/h1-8H,(H,17,18). The normalized spacial score (nSPS) is 10.7. The summed E-state index contributed by atoms with van der Waals surface area (Å²) in [5.74, 6) is -1.04. The van der Waals surface area contributed by atoms with Gasteiger partial charge in [0.15, 0.2) is 5.69 Å². The van der Waals surface area contributed by atoms with Gasteiger partial charge >= 0.3 is 5.97 Å². The Balaban J connectivity index is 2.27. The van der Waals surface area contributed by atoms with Gasteiger partial charge in [0.25, 0.3) is 0 Å². The third-order valence-electron chi connectivity index (χ3n) is 2.67. The maximum absolute atomic E-state index is 10.9. The van der Waals surface area contributed by atoms with E-state index in [1.165, 1.54) is 6.20 Å². The molecule has 0 unspecified atom stereocenters. The molecule has 1 aromatic carbocycles. The van der Waals surface area contributed by atoms with E-state index in [2.05, 4.69) is 9.97 Å². The number of hydrogen-bond acceptors (Lipinski definition) is 3. The van der Waals surface area contributed by atoms with Crippen molar-refractivity contribution in [2.45, 2.75) is 0 Å². The Kier molecular flexibility index (Phi) is 2.30. The maximum atomic E-state index is 10.9. The fraction of sp³-hybridized carbons (Fsp3) is 0. The minimum Gasteiger partial charge on any atom is -0.476 e. The van der Waals surface area contributed by atoms with Crippen molar-refractivity contribution in [3.8, 4) is 11.1 Å². The molecular weight excluding hydrogens is 230 g/mol. The van der Waals surface area contributed by atoms with E-state index < -0.39 is 5.97 Å². The molecule has 88 valence electrons. The fourth-order valence-corrected chi connectivity index (χ4v) is 1.84. The zero-order chi connectivity index (χ0) is 12.5. The first kappa shape index (κ1) is 10.5. The van der Waals surface area contributed by atoms with Gasteiger partial charge in [-0.1, -0.05) is 30.3 Å². The summed E-state index contributed by atoms with van der Waals surface area (Å²) in [6.45, 7) is 0. The number of carbonyl (C=O) groups is 1. The molecule has 0 atom stereocenters. The second kappa shape index (κ2) is 3.96. The Morgan fingerprint density at radius 3 is 2.72 bits per heavy atom. The molecule has 18 heavy (non-hydrogen) atoms. The van der Waals surface area contributed by atoms with E-state index in [1.54, 1.807) is 16.9 Å². The summed E-state index contributed by atoms with van der Waals surface area (Å²) < 4.78 is 1.62. The van der Waals surface area contributed by atoms with Crippen LogP contribution in [0.5, 0.6) is 0 Å². The van der Waals surface area contributed by atoms with Crippen LogP contribution in [0.2, 0.25) is 0 Å². The van der Waals surface area contributed by atoms with E-state index in [4.69, 9.17) is 5.11 Å². The van der Waals surface area contributed by atoms with E-state index in [1.807, 2.05) is 30.3 Å². The van der Waals surface area contributed by atoms with Crippen molar-refractivity contribution in [1.29, 1.82) is 0 Å². The fourth-order valence-electron chi connectivity index (χ4n) is 1.84. The molecule has 0 saturated carbocycles. The second-order valence-corrected chi connectivity index (χ2v) is 3.84. The van der Waals surface area contributed by atoms with Gasteiger partial charge in [-0.3, -0.25) is 4.40 Å². The summed E-state index contributed by atoms with van der Waals surface area (Å²) in [6.07, 6.45) is 4.68. The van der Waals surface area contributed by atoms with Gasteiger partial charge in [0, 0.05) is 18.0 Å². The van der Waals surface area contributed by atoms with E-state index in [9.17, 15) is 4.79 Å². The van der Waals surface area contributed by atoms with Crippen LogP contribution in [0.1, 0.15) is 10.5 Å². The molecule has 5 heteroatoms. The Labute approximate surface area is 102 Å². The van der Waals surface area contributed by atoms with Gasteiger partial charge in [0.1, 0.15) is 12.0 Å². The lowest BCUT2D eigenvalue weighted by molar-refractivity contribution is 0.0691. The lowest BCUT2D eigenvalue weighted by Gasteiger charge is -2.02. The Morgan fingerprint density at radius 2 is 2.00 bits per heavy atom. The van der Waals surface area contributed by atoms with Crippen molar-refractivity contribution in [3.63, 3.8) is 0 Å². The molecule has 2 heterocycles. The van der Waals surface area contributed by atoms with Crippen molar-refractivity contribution >= 4 is 11.6 Å². The number of carboxylic acids is 1. The Bertz CT molecular complexity index is 719. The summed E-state index contributed by atoms with van der Waals surface area (Å²) in [6, 6.07) is 9.63. The third-order valence-corrected chi connectivity index (χ3v) is 2.67. The van der Waals surface area contributed by atoms with E-state index in [-0.39, 0.29) is 5.69 Å². The summed E-state index contributed by atoms with van der Waals surface area (Å²) in [5.41, 5.74) is 2.37. The molecule has 2 aromatic heterocycles. The molecule has 0 fully saturated rings. The van der Waals surface area contributed by atoms with Crippen LogP contribution in [-0.4, -0.2) is 25.4 Å². The van der Waals surface area contributed by atoms with E-state index in [0.717, 1.165) is 11.1 Å². The number of nitrogens with zero attached hydrogens (tertiary/aromatic N) is 3. The van der Waals surface area contributed by atoms with Crippen molar-refractivity contribution in [1.82, 2.24) is 14.4 Å². The molecule has 0 bridgehead atoms. The average Bonchev–Trinajstić information content (AvgIpc) is 2.83. The van der Waals surface area contributed by atoms with Crippen LogP contribution in [0.15, 0.2) is 49.1 Å². The van der Waals surface area contributed by atoms with Gasteiger partial charge in [-0.05, 0) is 5.56 Å². The molecule has 1 N–H and O–H groups in total. The predicted molar refractivity (Wildman–Crippen MR) is 65.4 cm³/mol. The molecule has 0 aliphatic rings. The molecule has 0 saturated heterocycles. The second-order valence-electron chi connectivity index (χ2n) is 3.84. The average molecular weight is 239 g/mol. The first-order valence-electron chi connectivity index (χ1n) is 5.37. The molecule has 0 aliphatic heterocycles. The quantitative estimate of drug-likeness (QED) is 0.743. The number of hydrogen-bond donors (Lipinski definition) is 1. The number of fused-ring (bicyclic) bond motifs is 1. The van der Waals surface area contributed by atoms with Crippen LogP contribution in [0, 0.1) is 0 Å². The van der Waals surface area contributed by atoms with Gasteiger partial charge in [0.2, 0.25) is 0 Å². The zero-order valence-electron chi connectivity index (χ0n) is 9.32. The molecule has 3 rings (SSSR count). The van der Waals surface area contributed by atoms with Gasteiger partial charge in [-0.15, -0.1) is 0 Å². The van der Waals surface area contributed by atoms with E-state index >= 15 is 0 Å². The molecule has 5 nitrogen and oxygen atoms in total. The van der Waals surface area contributed by atoms with Crippen molar-refractivity contribution < 1.29 is 9.90 Å². The highest BCUT2D eigenvalue weighted by Gasteiger charge is 2.12. The molecule has 0 radical (unpaired) electrons. The van der Waals surface area contributed by atoms with Gasteiger partial charge in [-0.2, -0.15) is 0 Å².